The molecule has 3 rings (SSSR count). The van der Waals surface area contributed by atoms with Crippen molar-refractivity contribution in [1.29, 1.82) is 0 Å². The maximum absolute atomic E-state index is 6.34. The molecule has 2 aliphatic rings. The zero-order valence-electron chi connectivity index (χ0n) is 9.82. The number of benzene rings is 1. The summed E-state index contributed by atoms with van der Waals surface area (Å²) < 4.78 is 10.8. The van der Waals surface area contributed by atoms with Gasteiger partial charge in [-0.05, 0) is 17.2 Å². The number of hydrogen-bond donors (Lipinski definition) is 2. The molecule has 0 saturated carbocycles. The Hall–Kier alpha value is -1.10. The molecule has 1 saturated heterocycles. The molecule has 1 aromatic carbocycles. The lowest BCUT2D eigenvalue weighted by Crippen LogP contribution is -2.54. The van der Waals surface area contributed by atoms with Crippen molar-refractivity contribution in [2.75, 3.05) is 26.4 Å². The van der Waals surface area contributed by atoms with Crippen molar-refractivity contribution >= 4 is 0 Å². The largest absolute Gasteiger partial charge is 0.493 e. The zero-order chi connectivity index (χ0) is 11.9. The first-order chi connectivity index (χ1) is 8.25. The molecule has 4 nitrogen and oxygen atoms in total. The van der Waals surface area contributed by atoms with Gasteiger partial charge in [0.1, 0.15) is 5.75 Å². The third kappa shape index (κ3) is 1.64. The fourth-order valence-corrected chi connectivity index (χ4v) is 2.54. The van der Waals surface area contributed by atoms with Gasteiger partial charge in [-0.15, -0.1) is 0 Å². The van der Waals surface area contributed by atoms with E-state index in [4.69, 9.17) is 20.9 Å². The Morgan fingerprint density at radius 1 is 1.35 bits per heavy atom. The lowest BCUT2D eigenvalue weighted by Gasteiger charge is -2.45. The molecule has 1 unspecified atom stereocenters. The van der Waals surface area contributed by atoms with Gasteiger partial charge in [0.2, 0.25) is 0 Å². The summed E-state index contributed by atoms with van der Waals surface area (Å²) in [6.45, 7) is 2.68. The van der Waals surface area contributed by atoms with Gasteiger partial charge in [0, 0.05) is 24.4 Å². The average Bonchev–Trinajstić information content (AvgIpc) is 2.74. The molecule has 1 fully saturated rings. The fourth-order valence-electron chi connectivity index (χ4n) is 2.54. The van der Waals surface area contributed by atoms with E-state index in [1.165, 1.54) is 5.56 Å². The van der Waals surface area contributed by atoms with Gasteiger partial charge in [0.25, 0.3) is 0 Å². The zero-order valence-corrected chi connectivity index (χ0v) is 9.82. The van der Waals surface area contributed by atoms with Gasteiger partial charge in [-0.3, -0.25) is 0 Å². The second-order valence-corrected chi connectivity index (χ2v) is 5.00. The number of hydrogen-bond acceptors (Lipinski definition) is 4. The van der Waals surface area contributed by atoms with Crippen LogP contribution < -0.4 is 16.2 Å². The van der Waals surface area contributed by atoms with E-state index in [0.29, 0.717) is 19.8 Å². The summed E-state index contributed by atoms with van der Waals surface area (Å²) >= 11 is 0. The van der Waals surface area contributed by atoms with Crippen LogP contribution in [-0.2, 0) is 11.2 Å². The second-order valence-electron chi connectivity index (χ2n) is 5.00. The van der Waals surface area contributed by atoms with E-state index >= 15 is 0 Å². The number of nitrogens with two attached hydrogens (primary N) is 2. The van der Waals surface area contributed by atoms with Crippen LogP contribution in [0.15, 0.2) is 18.2 Å². The molecular weight excluding hydrogens is 216 g/mol. The average molecular weight is 234 g/mol. The summed E-state index contributed by atoms with van der Waals surface area (Å²) in [5, 5.41) is 0. The van der Waals surface area contributed by atoms with Gasteiger partial charge in [0.15, 0.2) is 0 Å². The Balaban J connectivity index is 1.88. The van der Waals surface area contributed by atoms with Crippen LogP contribution in [0, 0.1) is 5.41 Å². The Kier molecular flexibility index (Phi) is 2.58. The number of ether oxygens (including phenoxy) is 2. The molecule has 1 aromatic rings. The minimum Gasteiger partial charge on any atom is -0.493 e. The lowest BCUT2D eigenvalue weighted by atomic mass is 9.75. The van der Waals surface area contributed by atoms with E-state index in [1.54, 1.807) is 0 Å². The Bertz CT molecular complexity index is 424. The van der Waals surface area contributed by atoms with E-state index in [0.717, 1.165) is 24.3 Å². The molecule has 0 aliphatic carbocycles. The van der Waals surface area contributed by atoms with Crippen LogP contribution in [0.2, 0.25) is 0 Å². The van der Waals surface area contributed by atoms with Crippen molar-refractivity contribution < 1.29 is 9.47 Å². The molecule has 1 atom stereocenters. The number of rotatable bonds is 3. The third-order valence-corrected chi connectivity index (χ3v) is 3.92. The van der Waals surface area contributed by atoms with Crippen molar-refractivity contribution in [1.82, 2.24) is 0 Å². The highest BCUT2D eigenvalue weighted by Gasteiger charge is 2.43. The summed E-state index contributed by atoms with van der Waals surface area (Å²) in [5.41, 5.74) is 14.5. The molecule has 4 heteroatoms. The molecule has 0 aromatic heterocycles. The van der Waals surface area contributed by atoms with E-state index in [2.05, 4.69) is 6.07 Å². The Morgan fingerprint density at radius 2 is 2.18 bits per heavy atom. The first kappa shape index (κ1) is 11.0. The van der Waals surface area contributed by atoms with Gasteiger partial charge in [-0.2, -0.15) is 0 Å². The smallest absolute Gasteiger partial charge is 0.122 e. The summed E-state index contributed by atoms with van der Waals surface area (Å²) in [7, 11) is 0. The molecule has 0 bridgehead atoms. The molecule has 17 heavy (non-hydrogen) atoms. The lowest BCUT2D eigenvalue weighted by molar-refractivity contribution is -0.121. The van der Waals surface area contributed by atoms with Crippen molar-refractivity contribution in [3.8, 4) is 5.75 Å². The number of fused-ring (bicyclic) bond motifs is 1. The van der Waals surface area contributed by atoms with Gasteiger partial charge < -0.3 is 20.9 Å². The summed E-state index contributed by atoms with van der Waals surface area (Å²) in [4.78, 5) is 0. The van der Waals surface area contributed by atoms with Gasteiger partial charge >= 0.3 is 0 Å². The summed E-state index contributed by atoms with van der Waals surface area (Å²) in [6.07, 6.45) is 0.974. The Labute approximate surface area is 101 Å². The molecular formula is C13H18N2O2. The van der Waals surface area contributed by atoms with Crippen LogP contribution in [0.3, 0.4) is 0 Å². The molecule has 92 valence electrons. The van der Waals surface area contributed by atoms with E-state index < -0.39 is 0 Å². The van der Waals surface area contributed by atoms with Crippen molar-refractivity contribution in [3.05, 3.63) is 29.3 Å². The topological polar surface area (TPSA) is 70.5 Å². The third-order valence-electron chi connectivity index (χ3n) is 3.92. The highest BCUT2D eigenvalue weighted by atomic mass is 16.5. The van der Waals surface area contributed by atoms with E-state index in [1.807, 2.05) is 12.1 Å². The predicted octanol–water partition coefficient (Wildman–Crippen LogP) is 0.597. The van der Waals surface area contributed by atoms with E-state index in [-0.39, 0.29) is 11.5 Å². The van der Waals surface area contributed by atoms with Crippen molar-refractivity contribution in [3.63, 3.8) is 0 Å². The van der Waals surface area contributed by atoms with Crippen molar-refractivity contribution in [2.45, 2.75) is 12.5 Å². The van der Waals surface area contributed by atoms with Crippen LogP contribution in [0.25, 0.3) is 0 Å². The van der Waals surface area contributed by atoms with Crippen LogP contribution in [0.5, 0.6) is 5.75 Å². The molecule has 2 aliphatic heterocycles. The normalized spacial score (nSPS) is 22.5. The van der Waals surface area contributed by atoms with Crippen molar-refractivity contribution in [2.24, 2.45) is 16.9 Å². The summed E-state index contributed by atoms with van der Waals surface area (Å²) in [5.74, 6) is 0.993. The highest BCUT2D eigenvalue weighted by molar-refractivity contribution is 5.41. The predicted molar refractivity (Wildman–Crippen MR) is 64.9 cm³/mol. The van der Waals surface area contributed by atoms with Crippen LogP contribution in [0.1, 0.15) is 17.2 Å². The molecule has 2 heterocycles. The minimum absolute atomic E-state index is 0.0489. The SMILES string of the molecule is NCC1(C(N)c2ccc3c(c2)CCO3)COC1. The van der Waals surface area contributed by atoms with Gasteiger partial charge in [-0.25, -0.2) is 0 Å². The maximum atomic E-state index is 6.34. The highest BCUT2D eigenvalue weighted by Crippen LogP contribution is 2.39. The molecule has 0 radical (unpaired) electrons. The van der Waals surface area contributed by atoms with Gasteiger partial charge in [0.05, 0.1) is 19.8 Å². The van der Waals surface area contributed by atoms with Crippen LogP contribution in [0.4, 0.5) is 0 Å². The molecule has 4 N–H and O–H groups in total. The van der Waals surface area contributed by atoms with Crippen LogP contribution in [-0.4, -0.2) is 26.4 Å². The minimum atomic E-state index is -0.0757. The second kappa shape index (κ2) is 3.98. The van der Waals surface area contributed by atoms with Gasteiger partial charge in [-0.1, -0.05) is 12.1 Å². The maximum Gasteiger partial charge on any atom is 0.122 e. The summed E-state index contributed by atoms with van der Waals surface area (Å²) in [6, 6.07) is 6.17. The molecule has 0 spiro atoms. The Morgan fingerprint density at radius 3 is 2.82 bits per heavy atom. The first-order valence-corrected chi connectivity index (χ1v) is 6.04. The van der Waals surface area contributed by atoms with Crippen LogP contribution >= 0.6 is 0 Å². The standard InChI is InChI=1S/C13H18N2O2/c14-6-13(7-16-8-13)12(15)10-1-2-11-9(5-10)3-4-17-11/h1-2,5,12H,3-4,6-8,14-15H2. The monoisotopic (exact) mass is 234 g/mol. The van der Waals surface area contributed by atoms with E-state index in [9.17, 15) is 0 Å². The first-order valence-electron chi connectivity index (χ1n) is 6.04. The fraction of sp³-hybridized carbons (Fsp3) is 0.538. The molecule has 0 amide bonds. The quantitative estimate of drug-likeness (QED) is 0.803.